The Morgan fingerprint density at radius 3 is 2.00 bits per heavy atom. The summed E-state index contributed by atoms with van der Waals surface area (Å²) >= 11 is 0. The number of hydrogen-bond donors (Lipinski definition) is 0. The maximum Gasteiger partial charge on any atom is 0.368 e. The topological polar surface area (TPSA) is 44.8 Å². The van der Waals surface area contributed by atoms with Crippen molar-refractivity contribution in [2.45, 2.75) is 65.3 Å². The minimum Gasteiger partial charge on any atom is -0.431 e. The predicted molar refractivity (Wildman–Crippen MR) is 74.6 cm³/mol. The molecule has 0 rings (SSSR count). The lowest BCUT2D eigenvalue weighted by molar-refractivity contribution is -0.208. The second kappa shape index (κ2) is 8.45. The molecule has 0 radical (unpaired) electrons. The van der Waals surface area contributed by atoms with E-state index in [4.69, 9.17) is 13.9 Å². The Labute approximate surface area is 116 Å². The average molecular weight is 292 g/mol. The molecule has 6 heteroatoms. The third-order valence-corrected chi connectivity index (χ3v) is 7.92. The first-order valence-corrected chi connectivity index (χ1v) is 9.21. The molecule has 0 aromatic rings. The Hall–Kier alpha value is -0.723. The van der Waals surface area contributed by atoms with Gasteiger partial charge in [-0.25, -0.2) is 4.79 Å². The van der Waals surface area contributed by atoms with E-state index in [1.807, 2.05) is 0 Å². The fourth-order valence-electron chi connectivity index (χ4n) is 1.89. The number of hydrogen-bond acceptors (Lipinski definition) is 4. The van der Waals surface area contributed by atoms with Crippen LogP contribution in [0, 0.1) is 0 Å². The zero-order chi connectivity index (χ0) is 15.1. The molecular formula is C13H25FO4Si. The zero-order valence-electron chi connectivity index (χ0n) is 12.5. The van der Waals surface area contributed by atoms with Crippen molar-refractivity contribution in [3.63, 3.8) is 0 Å². The normalized spacial score (nSPS) is 14.8. The lowest BCUT2D eigenvalue weighted by Gasteiger charge is -2.32. The monoisotopic (exact) mass is 292 g/mol. The molecule has 2 unspecified atom stereocenters. The van der Waals surface area contributed by atoms with Crippen LogP contribution in [0.1, 0.15) is 34.6 Å². The summed E-state index contributed by atoms with van der Waals surface area (Å²) in [5, 5.41) is 0. The third kappa shape index (κ3) is 6.31. The van der Waals surface area contributed by atoms with Crippen molar-refractivity contribution in [1.29, 1.82) is 0 Å². The average Bonchev–Trinajstić information content (AvgIpc) is 2.35. The Morgan fingerprint density at radius 2 is 1.63 bits per heavy atom. The van der Waals surface area contributed by atoms with Crippen LogP contribution in [0.5, 0.6) is 0 Å². The highest BCUT2D eigenvalue weighted by atomic mass is 28.4. The Bertz CT molecular complexity index is 297. The maximum atomic E-state index is 12.5. The van der Waals surface area contributed by atoms with Crippen molar-refractivity contribution in [3.05, 3.63) is 12.4 Å². The van der Waals surface area contributed by atoms with Crippen LogP contribution in [-0.4, -0.2) is 26.9 Å². The molecule has 0 saturated carbocycles. The molecule has 0 spiro atoms. The van der Waals surface area contributed by atoms with Crippen LogP contribution in [0.3, 0.4) is 0 Å². The van der Waals surface area contributed by atoms with Crippen LogP contribution >= 0.6 is 0 Å². The molecule has 112 valence electrons. The molecule has 0 aromatic heterocycles. The van der Waals surface area contributed by atoms with Crippen LogP contribution in [0.25, 0.3) is 0 Å². The largest absolute Gasteiger partial charge is 0.431 e. The van der Waals surface area contributed by atoms with E-state index in [0.29, 0.717) is 0 Å². The summed E-state index contributed by atoms with van der Waals surface area (Å²) in [4.78, 5) is 11.0. The van der Waals surface area contributed by atoms with Crippen molar-refractivity contribution >= 4 is 14.3 Å². The summed E-state index contributed by atoms with van der Waals surface area (Å²) in [7, 11) is -1.77. The zero-order valence-corrected chi connectivity index (χ0v) is 13.5. The van der Waals surface area contributed by atoms with E-state index in [0.717, 1.165) is 18.1 Å². The van der Waals surface area contributed by atoms with Gasteiger partial charge in [-0.1, -0.05) is 27.4 Å². The molecule has 0 fully saturated rings. The minimum absolute atomic E-state index is 0.484. The molecule has 4 nitrogen and oxygen atoms in total. The van der Waals surface area contributed by atoms with Gasteiger partial charge in [0.15, 0.2) is 8.32 Å². The second-order valence-electron chi connectivity index (χ2n) is 4.44. The first kappa shape index (κ1) is 18.3. The van der Waals surface area contributed by atoms with Gasteiger partial charge in [-0.3, -0.25) is 0 Å². The molecule has 0 saturated heterocycles. The van der Waals surface area contributed by atoms with Gasteiger partial charge < -0.3 is 13.9 Å². The summed E-state index contributed by atoms with van der Waals surface area (Å²) < 4.78 is 28.6. The molecule has 0 N–H and O–H groups in total. The van der Waals surface area contributed by atoms with Gasteiger partial charge in [0, 0.05) is 0 Å². The summed E-state index contributed by atoms with van der Waals surface area (Å²) in [5.41, 5.74) is 0. The second-order valence-corrected chi connectivity index (χ2v) is 9.17. The van der Waals surface area contributed by atoms with Crippen molar-refractivity contribution in [1.82, 2.24) is 0 Å². The molecule has 0 aliphatic heterocycles. The van der Waals surface area contributed by atoms with Crippen LogP contribution in [0.15, 0.2) is 12.4 Å². The van der Waals surface area contributed by atoms with Crippen molar-refractivity contribution in [3.8, 4) is 0 Å². The van der Waals surface area contributed by atoms with Gasteiger partial charge in [0.25, 0.3) is 0 Å². The number of carbonyl (C=O) groups is 1. The van der Waals surface area contributed by atoms with E-state index in [1.165, 1.54) is 6.92 Å². The van der Waals surface area contributed by atoms with Crippen molar-refractivity contribution in [2.24, 2.45) is 0 Å². The number of esters is 1. The smallest absolute Gasteiger partial charge is 0.368 e. The molecule has 0 heterocycles. The van der Waals surface area contributed by atoms with E-state index in [1.54, 1.807) is 6.92 Å². The molecular weight excluding hydrogens is 267 g/mol. The molecule has 0 aromatic carbocycles. The summed E-state index contributed by atoms with van der Waals surface area (Å²) in [5.74, 6) is -2.24. The van der Waals surface area contributed by atoms with Crippen LogP contribution in [-0.2, 0) is 18.7 Å². The highest BCUT2D eigenvalue weighted by molar-refractivity contribution is 6.73. The SMILES string of the molecule is C=C(F)C(=O)OC(C)OC(C)O[Si](CC)(CC)CC. The van der Waals surface area contributed by atoms with Crippen LogP contribution < -0.4 is 0 Å². The van der Waals surface area contributed by atoms with E-state index in [-0.39, 0.29) is 0 Å². The Kier molecular flexibility index (Phi) is 8.13. The standard InChI is InChI=1S/C13H25FO4Si/c1-7-19(8-2,9-3)18-12(6)16-11(5)17-13(15)10(4)14/h11-12H,4,7-9H2,1-3,5-6H3. The number of halogens is 1. The molecule has 0 amide bonds. The lowest BCUT2D eigenvalue weighted by Crippen LogP contribution is -2.41. The fourth-order valence-corrected chi connectivity index (χ4v) is 4.65. The van der Waals surface area contributed by atoms with Gasteiger partial charge in [0.1, 0.15) is 6.29 Å². The van der Waals surface area contributed by atoms with Gasteiger partial charge in [0.05, 0.1) is 0 Å². The van der Waals surface area contributed by atoms with E-state index >= 15 is 0 Å². The van der Waals surface area contributed by atoms with Crippen LogP contribution in [0.2, 0.25) is 18.1 Å². The van der Waals surface area contributed by atoms with Crippen molar-refractivity contribution < 1.29 is 23.1 Å². The van der Waals surface area contributed by atoms with Crippen molar-refractivity contribution in [2.75, 3.05) is 0 Å². The van der Waals surface area contributed by atoms with E-state index in [2.05, 4.69) is 27.4 Å². The minimum atomic E-state index is -1.77. The molecule has 0 aliphatic rings. The van der Waals surface area contributed by atoms with Gasteiger partial charge in [0.2, 0.25) is 12.1 Å². The van der Waals surface area contributed by atoms with Gasteiger partial charge >= 0.3 is 5.97 Å². The molecule has 0 aliphatic carbocycles. The maximum absolute atomic E-state index is 12.5. The predicted octanol–water partition coefficient (Wildman–Crippen LogP) is 3.74. The first-order valence-electron chi connectivity index (χ1n) is 6.68. The van der Waals surface area contributed by atoms with E-state index < -0.39 is 32.7 Å². The molecule has 2 atom stereocenters. The van der Waals surface area contributed by atoms with Crippen LogP contribution in [0.4, 0.5) is 4.39 Å². The Balaban J connectivity index is 4.33. The number of rotatable bonds is 9. The van der Waals surface area contributed by atoms with Gasteiger partial charge in [-0.2, -0.15) is 4.39 Å². The Morgan fingerprint density at radius 1 is 1.16 bits per heavy atom. The quantitative estimate of drug-likeness (QED) is 0.281. The van der Waals surface area contributed by atoms with Gasteiger partial charge in [-0.15, -0.1) is 0 Å². The summed E-state index contributed by atoms with van der Waals surface area (Å²) in [6, 6.07) is 3.01. The summed E-state index contributed by atoms with van der Waals surface area (Å²) in [6.07, 6.45) is -1.35. The summed E-state index contributed by atoms with van der Waals surface area (Å²) in [6.45, 7) is 12.5. The number of ether oxygens (including phenoxy) is 2. The lowest BCUT2D eigenvalue weighted by atomic mass is 10.6. The molecule has 0 bridgehead atoms. The number of carbonyl (C=O) groups excluding carboxylic acids is 1. The first-order chi connectivity index (χ1) is 8.80. The molecule has 19 heavy (non-hydrogen) atoms. The highest BCUT2D eigenvalue weighted by Crippen LogP contribution is 2.24. The van der Waals surface area contributed by atoms with Gasteiger partial charge in [-0.05, 0) is 32.0 Å². The fraction of sp³-hybridized carbons (Fsp3) is 0.769. The third-order valence-electron chi connectivity index (χ3n) is 3.23. The highest BCUT2D eigenvalue weighted by Gasteiger charge is 2.31. The van der Waals surface area contributed by atoms with E-state index in [9.17, 15) is 9.18 Å².